The van der Waals surface area contributed by atoms with Gasteiger partial charge in [-0.05, 0) is 54.3 Å². The van der Waals surface area contributed by atoms with Crippen LogP contribution >= 0.6 is 0 Å². The van der Waals surface area contributed by atoms with Gasteiger partial charge in [0.2, 0.25) is 5.88 Å². The minimum absolute atomic E-state index is 0.0504. The predicted molar refractivity (Wildman–Crippen MR) is 134 cm³/mol. The van der Waals surface area contributed by atoms with E-state index in [4.69, 9.17) is 4.42 Å². The van der Waals surface area contributed by atoms with Crippen molar-refractivity contribution >= 4 is 28.5 Å². The number of hydrogen-bond acceptors (Lipinski definition) is 5. The third kappa shape index (κ3) is 4.64. The third-order valence-electron chi connectivity index (χ3n) is 6.59. The van der Waals surface area contributed by atoms with Gasteiger partial charge in [-0.1, -0.05) is 36.4 Å². The molecule has 1 aliphatic rings. The Bertz CT molecular complexity index is 1550. The molecule has 2 N–H and O–H groups in total. The zero-order valence-electron chi connectivity index (χ0n) is 19.9. The number of nitrogens with zero attached hydrogens (tertiary/aromatic N) is 1. The Labute approximate surface area is 210 Å². The molecule has 0 spiro atoms. The maximum atomic E-state index is 13.7. The number of carbonyl (C=O) groups is 1. The largest absolute Gasteiger partial charge is 0.478 e. The summed E-state index contributed by atoms with van der Waals surface area (Å²) in [7, 11) is 0. The fourth-order valence-corrected chi connectivity index (χ4v) is 4.73. The molecule has 2 heterocycles. The average molecular weight is 508 g/mol. The molecule has 5 rings (SSSR count). The maximum Gasteiger partial charge on any atom is 0.416 e. The van der Waals surface area contributed by atoms with Gasteiger partial charge >= 0.3 is 12.1 Å². The lowest BCUT2D eigenvalue weighted by Crippen LogP contribution is -2.20. The van der Waals surface area contributed by atoms with Crippen molar-refractivity contribution in [3.63, 3.8) is 0 Å². The van der Waals surface area contributed by atoms with Crippen LogP contribution < -0.4 is 15.6 Å². The fourth-order valence-electron chi connectivity index (χ4n) is 4.73. The number of nitrogens with one attached hydrogen (secondary N) is 1. The molecular weight excluding hydrogens is 485 g/mol. The van der Waals surface area contributed by atoms with Gasteiger partial charge in [0.15, 0.2) is 5.43 Å². The van der Waals surface area contributed by atoms with Crippen LogP contribution in [0.1, 0.15) is 38.2 Å². The normalized spacial score (nSPS) is 13.1. The number of para-hydroxylation sites is 1. The summed E-state index contributed by atoms with van der Waals surface area (Å²) in [4.78, 5) is 26.7. The van der Waals surface area contributed by atoms with E-state index in [1.165, 1.54) is 6.07 Å². The lowest BCUT2D eigenvalue weighted by molar-refractivity contribution is -0.137. The topological polar surface area (TPSA) is 82.8 Å². The third-order valence-corrected chi connectivity index (χ3v) is 6.59. The minimum atomic E-state index is -4.65. The van der Waals surface area contributed by atoms with Crippen molar-refractivity contribution in [3.8, 4) is 0 Å². The summed E-state index contributed by atoms with van der Waals surface area (Å²) >= 11 is 0. The van der Waals surface area contributed by atoms with E-state index in [9.17, 15) is 27.9 Å². The Morgan fingerprint density at radius 2 is 1.70 bits per heavy atom. The molecule has 6 nitrogen and oxygen atoms in total. The number of aromatic carboxylic acids is 1. The highest BCUT2D eigenvalue weighted by Crippen LogP contribution is 2.36. The first kappa shape index (κ1) is 24.4. The molecule has 0 amide bonds. The van der Waals surface area contributed by atoms with Gasteiger partial charge in [0, 0.05) is 25.3 Å². The second-order valence-electron chi connectivity index (χ2n) is 9.02. The van der Waals surface area contributed by atoms with Gasteiger partial charge in [0.05, 0.1) is 22.1 Å². The lowest BCUT2D eigenvalue weighted by Gasteiger charge is -2.20. The SMILES string of the molecule is Cc1c(N2Cc3ccccc3C2)oc2c(CCNc3ccccc3C(=O)O)cc(C(F)(F)F)cc2c1=O. The molecule has 0 saturated carbocycles. The van der Waals surface area contributed by atoms with Crippen LogP contribution in [-0.4, -0.2) is 17.6 Å². The summed E-state index contributed by atoms with van der Waals surface area (Å²) < 4.78 is 47.3. The van der Waals surface area contributed by atoms with Crippen LogP contribution in [0.15, 0.2) is 69.9 Å². The molecule has 0 bridgehead atoms. The van der Waals surface area contributed by atoms with Crippen LogP contribution in [0.5, 0.6) is 0 Å². The predicted octanol–water partition coefficient (Wildman–Crippen LogP) is 5.99. The summed E-state index contributed by atoms with van der Waals surface area (Å²) in [5, 5.41) is 12.2. The van der Waals surface area contributed by atoms with Crippen molar-refractivity contribution in [1.29, 1.82) is 0 Å². The van der Waals surface area contributed by atoms with Crippen molar-refractivity contribution < 1.29 is 27.5 Å². The lowest BCUT2D eigenvalue weighted by atomic mass is 10.0. The van der Waals surface area contributed by atoms with Gasteiger partial charge in [-0.15, -0.1) is 0 Å². The van der Waals surface area contributed by atoms with Crippen LogP contribution in [-0.2, 0) is 25.7 Å². The van der Waals surface area contributed by atoms with Crippen molar-refractivity contribution in [2.75, 3.05) is 16.8 Å². The van der Waals surface area contributed by atoms with Crippen molar-refractivity contribution in [2.24, 2.45) is 0 Å². The first-order chi connectivity index (χ1) is 17.6. The molecule has 0 radical (unpaired) electrons. The molecule has 1 aliphatic heterocycles. The van der Waals surface area contributed by atoms with Crippen molar-refractivity contribution in [2.45, 2.75) is 32.6 Å². The van der Waals surface area contributed by atoms with E-state index in [1.54, 1.807) is 25.1 Å². The summed E-state index contributed by atoms with van der Waals surface area (Å²) in [5.41, 5.74) is 1.70. The molecule has 0 unspecified atom stereocenters. The van der Waals surface area contributed by atoms with E-state index >= 15 is 0 Å². The smallest absolute Gasteiger partial charge is 0.416 e. The van der Waals surface area contributed by atoms with Gasteiger partial charge < -0.3 is 19.7 Å². The quantitative estimate of drug-likeness (QED) is 0.333. The van der Waals surface area contributed by atoms with E-state index < -0.39 is 23.1 Å². The van der Waals surface area contributed by atoms with Crippen LogP contribution in [0, 0.1) is 6.92 Å². The van der Waals surface area contributed by atoms with Crippen molar-refractivity contribution in [1.82, 2.24) is 0 Å². The number of hydrogen-bond donors (Lipinski definition) is 2. The molecule has 4 aromatic rings. The molecular formula is C28H23F3N2O4. The van der Waals surface area contributed by atoms with Crippen LogP contribution in [0.25, 0.3) is 11.0 Å². The first-order valence-electron chi connectivity index (χ1n) is 11.7. The highest BCUT2D eigenvalue weighted by Gasteiger charge is 2.33. The number of fused-ring (bicyclic) bond motifs is 2. The van der Waals surface area contributed by atoms with Crippen LogP contribution in [0.4, 0.5) is 24.7 Å². The van der Waals surface area contributed by atoms with E-state index in [0.29, 0.717) is 24.7 Å². The van der Waals surface area contributed by atoms with Crippen LogP contribution in [0.3, 0.4) is 0 Å². The molecule has 1 aromatic heterocycles. The number of halogens is 3. The molecule has 0 saturated heterocycles. The molecule has 0 aliphatic carbocycles. The number of carboxylic acid groups (broad SMARTS) is 1. The molecule has 37 heavy (non-hydrogen) atoms. The van der Waals surface area contributed by atoms with Gasteiger partial charge in [0.1, 0.15) is 5.58 Å². The van der Waals surface area contributed by atoms with E-state index in [-0.39, 0.29) is 40.6 Å². The maximum absolute atomic E-state index is 13.7. The first-order valence-corrected chi connectivity index (χ1v) is 11.7. The number of anilines is 2. The van der Waals surface area contributed by atoms with Crippen molar-refractivity contribution in [3.05, 3.63) is 104 Å². The molecule has 3 aromatic carbocycles. The van der Waals surface area contributed by atoms with E-state index in [2.05, 4.69) is 5.32 Å². The second kappa shape index (κ2) is 9.31. The van der Waals surface area contributed by atoms with E-state index in [1.807, 2.05) is 29.2 Å². The summed E-state index contributed by atoms with van der Waals surface area (Å²) in [6.45, 7) is 2.74. The van der Waals surface area contributed by atoms with Gasteiger partial charge in [-0.2, -0.15) is 13.2 Å². The Kier molecular flexibility index (Phi) is 6.15. The highest BCUT2D eigenvalue weighted by molar-refractivity contribution is 5.94. The average Bonchev–Trinajstić information content (AvgIpc) is 3.30. The number of rotatable bonds is 6. The standard InChI is InChI=1S/C28H23F3N2O4/c1-16-24(34)22-13-20(28(29,30)31)12-17(10-11-32-23-9-5-4-8-21(23)27(35)36)25(22)37-26(16)33-14-18-6-2-3-7-19(18)15-33/h2-9,12-13,32H,10-11,14-15H2,1H3,(H,35,36). The fraction of sp³-hybridized carbons (Fsp3) is 0.214. The number of alkyl halides is 3. The van der Waals surface area contributed by atoms with Gasteiger partial charge in [-0.25, -0.2) is 4.79 Å². The second-order valence-corrected chi connectivity index (χ2v) is 9.02. The Morgan fingerprint density at radius 1 is 1.05 bits per heavy atom. The summed E-state index contributed by atoms with van der Waals surface area (Å²) in [6.07, 6.45) is -4.58. The zero-order chi connectivity index (χ0) is 26.3. The number of benzene rings is 3. The summed E-state index contributed by atoms with van der Waals surface area (Å²) in [6, 6.07) is 15.9. The summed E-state index contributed by atoms with van der Waals surface area (Å²) in [5.74, 6) is -0.788. The zero-order valence-corrected chi connectivity index (χ0v) is 19.9. The molecule has 9 heteroatoms. The van der Waals surface area contributed by atoms with E-state index in [0.717, 1.165) is 23.3 Å². The Morgan fingerprint density at radius 3 is 2.35 bits per heavy atom. The highest BCUT2D eigenvalue weighted by atomic mass is 19.4. The minimum Gasteiger partial charge on any atom is -0.478 e. The van der Waals surface area contributed by atoms with Crippen LogP contribution in [0.2, 0.25) is 0 Å². The van der Waals surface area contributed by atoms with Gasteiger partial charge in [0.25, 0.3) is 0 Å². The molecule has 0 atom stereocenters. The van der Waals surface area contributed by atoms with Gasteiger partial charge in [-0.3, -0.25) is 4.79 Å². The Hall–Kier alpha value is -4.27. The molecule has 0 fully saturated rings. The molecule has 190 valence electrons. The monoisotopic (exact) mass is 508 g/mol. The Balaban J connectivity index is 1.55. The number of carboxylic acids is 1.